The van der Waals surface area contributed by atoms with Gasteiger partial charge in [-0.15, -0.1) is 11.3 Å². The Morgan fingerprint density at radius 2 is 2.33 bits per heavy atom. The van der Waals surface area contributed by atoms with Crippen LogP contribution in [0, 0.1) is 6.92 Å². The molecule has 6 heteroatoms. The van der Waals surface area contributed by atoms with Crippen LogP contribution in [0.25, 0.3) is 0 Å². The standard InChI is InChI=1S/C12H21N3O2S/c1-3-4-5-15(6-7-16)12(17)14-9-11-8-13-10(2)18-11/h8,16H,3-7,9H2,1-2H3,(H,14,17). The van der Waals surface area contributed by atoms with E-state index in [4.69, 9.17) is 5.11 Å². The van der Waals surface area contributed by atoms with Gasteiger partial charge in [0.05, 0.1) is 18.2 Å². The van der Waals surface area contributed by atoms with Gasteiger partial charge in [-0.25, -0.2) is 9.78 Å². The fraction of sp³-hybridized carbons (Fsp3) is 0.667. The Balaban J connectivity index is 2.40. The van der Waals surface area contributed by atoms with Crippen LogP contribution >= 0.6 is 11.3 Å². The number of rotatable bonds is 7. The molecule has 1 rings (SSSR count). The van der Waals surface area contributed by atoms with E-state index in [1.807, 2.05) is 6.92 Å². The lowest BCUT2D eigenvalue weighted by Gasteiger charge is -2.21. The Hall–Kier alpha value is -1.14. The highest BCUT2D eigenvalue weighted by molar-refractivity contribution is 7.11. The third kappa shape index (κ3) is 5.01. The van der Waals surface area contributed by atoms with Crippen molar-refractivity contribution in [3.63, 3.8) is 0 Å². The smallest absolute Gasteiger partial charge is 0.317 e. The number of aliphatic hydroxyl groups excluding tert-OH is 1. The maximum atomic E-state index is 11.9. The third-order valence-corrected chi connectivity index (χ3v) is 3.43. The zero-order chi connectivity index (χ0) is 13.4. The van der Waals surface area contributed by atoms with E-state index in [1.54, 1.807) is 22.4 Å². The van der Waals surface area contributed by atoms with Crippen LogP contribution in [0.5, 0.6) is 0 Å². The summed E-state index contributed by atoms with van der Waals surface area (Å²) in [6.07, 6.45) is 3.76. The summed E-state index contributed by atoms with van der Waals surface area (Å²) in [5.74, 6) is 0. The predicted molar refractivity (Wildman–Crippen MR) is 72.7 cm³/mol. The van der Waals surface area contributed by atoms with E-state index in [9.17, 15) is 4.79 Å². The molecule has 1 aromatic heterocycles. The van der Waals surface area contributed by atoms with Gasteiger partial charge in [0.1, 0.15) is 0 Å². The minimum Gasteiger partial charge on any atom is -0.395 e. The molecule has 0 fully saturated rings. The monoisotopic (exact) mass is 271 g/mol. The maximum Gasteiger partial charge on any atom is 0.317 e. The largest absolute Gasteiger partial charge is 0.395 e. The Morgan fingerprint density at radius 3 is 2.89 bits per heavy atom. The molecule has 0 atom stereocenters. The molecule has 1 aromatic rings. The fourth-order valence-electron chi connectivity index (χ4n) is 1.55. The van der Waals surface area contributed by atoms with Gasteiger partial charge in [0.15, 0.2) is 0 Å². The molecule has 0 radical (unpaired) electrons. The second kappa shape index (κ2) is 8.05. The van der Waals surface area contributed by atoms with Gasteiger partial charge >= 0.3 is 6.03 Å². The molecule has 5 nitrogen and oxygen atoms in total. The molecule has 0 saturated carbocycles. The first kappa shape index (κ1) is 14.9. The molecule has 2 N–H and O–H groups in total. The quantitative estimate of drug-likeness (QED) is 0.794. The SMILES string of the molecule is CCCCN(CCO)C(=O)NCc1cnc(C)s1. The Kier molecular flexibility index (Phi) is 6.67. The van der Waals surface area contributed by atoms with Crippen molar-refractivity contribution in [2.24, 2.45) is 0 Å². The van der Waals surface area contributed by atoms with Crippen molar-refractivity contribution >= 4 is 17.4 Å². The molecular weight excluding hydrogens is 250 g/mol. The molecule has 0 aromatic carbocycles. The van der Waals surface area contributed by atoms with Crippen LogP contribution in [-0.2, 0) is 6.54 Å². The number of nitrogens with zero attached hydrogens (tertiary/aromatic N) is 2. The second-order valence-corrected chi connectivity index (χ2v) is 5.39. The van der Waals surface area contributed by atoms with E-state index in [1.165, 1.54) is 0 Å². The zero-order valence-electron chi connectivity index (χ0n) is 11.0. The fourth-order valence-corrected chi connectivity index (χ4v) is 2.28. The normalized spacial score (nSPS) is 10.4. The number of aromatic nitrogens is 1. The van der Waals surface area contributed by atoms with E-state index < -0.39 is 0 Å². The van der Waals surface area contributed by atoms with E-state index >= 15 is 0 Å². The lowest BCUT2D eigenvalue weighted by atomic mass is 10.3. The molecule has 102 valence electrons. The summed E-state index contributed by atoms with van der Waals surface area (Å²) < 4.78 is 0. The zero-order valence-corrected chi connectivity index (χ0v) is 11.8. The van der Waals surface area contributed by atoms with Gasteiger partial charge in [-0.3, -0.25) is 0 Å². The first-order chi connectivity index (χ1) is 8.67. The highest BCUT2D eigenvalue weighted by atomic mass is 32.1. The number of unbranched alkanes of at least 4 members (excludes halogenated alkanes) is 1. The number of hydrogen-bond acceptors (Lipinski definition) is 4. The van der Waals surface area contributed by atoms with Crippen LogP contribution in [0.3, 0.4) is 0 Å². The van der Waals surface area contributed by atoms with Gasteiger partial charge in [-0.2, -0.15) is 0 Å². The second-order valence-electron chi connectivity index (χ2n) is 4.07. The van der Waals surface area contributed by atoms with E-state index in [0.717, 1.165) is 22.7 Å². The molecule has 0 unspecified atom stereocenters. The summed E-state index contributed by atoms with van der Waals surface area (Å²) in [5.41, 5.74) is 0. The highest BCUT2D eigenvalue weighted by Crippen LogP contribution is 2.10. The van der Waals surface area contributed by atoms with Gasteiger partial charge < -0.3 is 15.3 Å². The summed E-state index contributed by atoms with van der Waals surface area (Å²) in [6.45, 7) is 5.58. The van der Waals surface area contributed by atoms with Crippen LogP contribution < -0.4 is 5.32 Å². The minimum atomic E-state index is -0.122. The van der Waals surface area contributed by atoms with Gasteiger partial charge in [0, 0.05) is 24.2 Å². The summed E-state index contributed by atoms with van der Waals surface area (Å²) in [5, 5.41) is 12.8. The molecule has 0 saturated heterocycles. The Morgan fingerprint density at radius 1 is 1.56 bits per heavy atom. The molecule has 1 heterocycles. The summed E-state index contributed by atoms with van der Waals surface area (Å²) in [4.78, 5) is 18.7. The number of nitrogens with one attached hydrogen (secondary N) is 1. The van der Waals surface area contributed by atoms with Crippen molar-refractivity contribution < 1.29 is 9.90 Å². The van der Waals surface area contributed by atoms with Gasteiger partial charge in [-0.1, -0.05) is 13.3 Å². The van der Waals surface area contributed by atoms with E-state index in [2.05, 4.69) is 17.2 Å². The number of carbonyl (C=O) groups excluding carboxylic acids is 1. The van der Waals surface area contributed by atoms with Gasteiger partial charge in [0.25, 0.3) is 0 Å². The lowest BCUT2D eigenvalue weighted by molar-refractivity contribution is 0.176. The third-order valence-electron chi connectivity index (χ3n) is 2.52. The Bertz CT molecular complexity index is 368. The van der Waals surface area contributed by atoms with Crippen molar-refractivity contribution in [1.82, 2.24) is 15.2 Å². The number of amides is 2. The topological polar surface area (TPSA) is 65.5 Å². The molecule has 0 aliphatic carbocycles. The minimum absolute atomic E-state index is 0.00317. The number of carbonyl (C=O) groups is 1. The first-order valence-corrected chi connectivity index (χ1v) is 7.04. The van der Waals surface area contributed by atoms with Crippen LogP contribution in [0.1, 0.15) is 29.7 Å². The van der Waals surface area contributed by atoms with Crippen LogP contribution in [0.4, 0.5) is 4.79 Å². The average molecular weight is 271 g/mol. The summed E-state index contributed by atoms with van der Waals surface area (Å²) >= 11 is 1.58. The molecule has 0 aliphatic rings. The van der Waals surface area contributed by atoms with E-state index in [0.29, 0.717) is 19.6 Å². The average Bonchev–Trinajstić information content (AvgIpc) is 2.77. The number of hydrogen-bond donors (Lipinski definition) is 2. The molecule has 2 amide bonds. The number of thiazole rings is 1. The summed E-state index contributed by atoms with van der Waals surface area (Å²) in [7, 11) is 0. The summed E-state index contributed by atoms with van der Waals surface area (Å²) in [6, 6.07) is -0.122. The number of urea groups is 1. The van der Waals surface area contributed by atoms with E-state index in [-0.39, 0.29) is 12.6 Å². The number of aliphatic hydroxyl groups is 1. The van der Waals surface area contributed by atoms with Crippen molar-refractivity contribution in [3.05, 3.63) is 16.1 Å². The van der Waals surface area contributed by atoms with Gasteiger partial charge in [0.2, 0.25) is 0 Å². The molecule has 0 bridgehead atoms. The van der Waals surface area contributed by atoms with Crippen molar-refractivity contribution in [3.8, 4) is 0 Å². The van der Waals surface area contributed by atoms with Crippen LogP contribution in [-0.4, -0.2) is 40.7 Å². The maximum absolute atomic E-state index is 11.9. The molecule has 0 aliphatic heterocycles. The first-order valence-electron chi connectivity index (χ1n) is 6.22. The molecule has 0 spiro atoms. The van der Waals surface area contributed by atoms with Crippen molar-refractivity contribution in [1.29, 1.82) is 0 Å². The predicted octanol–water partition coefficient (Wildman–Crippen LogP) is 1.76. The van der Waals surface area contributed by atoms with Crippen molar-refractivity contribution in [2.75, 3.05) is 19.7 Å². The van der Waals surface area contributed by atoms with Crippen LogP contribution in [0.2, 0.25) is 0 Å². The van der Waals surface area contributed by atoms with Crippen LogP contribution in [0.15, 0.2) is 6.20 Å². The lowest BCUT2D eigenvalue weighted by Crippen LogP contribution is -2.41. The highest BCUT2D eigenvalue weighted by Gasteiger charge is 2.12. The Labute approximate surface area is 112 Å². The number of aryl methyl sites for hydroxylation is 1. The van der Waals surface area contributed by atoms with Gasteiger partial charge in [-0.05, 0) is 13.3 Å². The van der Waals surface area contributed by atoms with Crippen molar-refractivity contribution in [2.45, 2.75) is 33.2 Å². The molecule has 18 heavy (non-hydrogen) atoms. The molecular formula is C12H21N3O2S.